The first-order valence-electron chi connectivity index (χ1n) is 5.05. The van der Waals surface area contributed by atoms with Crippen LogP contribution in [0.2, 0.25) is 0 Å². The second-order valence-corrected chi connectivity index (χ2v) is 5.95. The molecular weight excluding hydrogens is 294 g/mol. The van der Waals surface area contributed by atoms with Crippen LogP contribution in [0.5, 0.6) is 11.5 Å². The monoisotopic (exact) mass is 303 g/mol. The van der Waals surface area contributed by atoms with Crippen molar-refractivity contribution < 1.29 is 17.9 Å². The molecule has 0 unspecified atom stereocenters. The highest BCUT2D eigenvalue weighted by Gasteiger charge is 2.19. The number of aromatic nitrogens is 3. The van der Waals surface area contributed by atoms with Gasteiger partial charge in [0.2, 0.25) is 0 Å². The molecule has 0 radical (unpaired) electrons. The Morgan fingerprint density at radius 2 is 2.00 bits per heavy atom. The van der Waals surface area contributed by atoms with Crippen LogP contribution in [0, 0.1) is 0 Å². The van der Waals surface area contributed by atoms with E-state index in [2.05, 4.69) is 15.2 Å². The van der Waals surface area contributed by atoms with Crippen LogP contribution in [0.15, 0.2) is 23.4 Å². The van der Waals surface area contributed by atoms with Crippen molar-refractivity contribution in [2.75, 3.05) is 14.2 Å². The lowest BCUT2D eigenvalue weighted by Gasteiger charge is -2.07. The molecule has 0 spiro atoms. The van der Waals surface area contributed by atoms with E-state index in [4.69, 9.17) is 20.2 Å². The Morgan fingerprint density at radius 1 is 1.26 bits per heavy atom. The Hall–Kier alpha value is -1.80. The van der Waals surface area contributed by atoms with Crippen LogP contribution in [0.4, 0.5) is 0 Å². The third-order valence-electron chi connectivity index (χ3n) is 2.34. The molecule has 0 saturated carbocycles. The average molecular weight is 304 g/mol. The van der Waals surface area contributed by atoms with Crippen LogP contribution in [0.25, 0.3) is 11.4 Å². The number of methoxy groups -OCH3 is 2. The molecular formula is C10H10ClN3O4S. The Bertz CT molecular complexity index is 699. The van der Waals surface area contributed by atoms with Gasteiger partial charge in [0, 0.05) is 10.7 Å². The molecule has 1 aromatic carbocycles. The van der Waals surface area contributed by atoms with Crippen molar-refractivity contribution in [3.05, 3.63) is 18.2 Å². The number of rotatable bonds is 4. The smallest absolute Gasteiger partial charge is 0.296 e. The third kappa shape index (κ3) is 2.79. The van der Waals surface area contributed by atoms with Crippen molar-refractivity contribution in [1.82, 2.24) is 15.2 Å². The SMILES string of the molecule is COc1ccc(OC)c(-c2n[nH]c(S(=O)(=O)Cl)n2)c1. The minimum absolute atomic E-state index is 0.148. The van der Waals surface area contributed by atoms with Gasteiger partial charge in [-0.3, -0.25) is 0 Å². The van der Waals surface area contributed by atoms with E-state index in [9.17, 15) is 8.42 Å². The van der Waals surface area contributed by atoms with E-state index in [1.54, 1.807) is 18.2 Å². The fourth-order valence-corrected chi connectivity index (χ4v) is 2.02. The van der Waals surface area contributed by atoms with Crippen LogP contribution in [0.1, 0.15) is 0 Å². The highest BCUT2D eigenvalue weighted by Crippen LogP contribution is 2.31. The predicted octanol–water partition coefficient (Wildman–Crippen LogP) is 1.42. The Morgan fingerprint density at radius 3 is 2.53 bits per heavy atom. The first kappa shape index (κ1) is 13.6. The molecule has 19 heavy (non-hydrogen) atoms. The van der Waals surface area contributed by atoms with Gasteiger partial charge in [-0.15, -0.1) is 0 Å². The quantitative estimate of drug-likeness (QED) is 0.858. The highest BCUT2D eigenvalue weighted by atomic mass is 35.7. The largest absolute Gasteiger partial charge is 0.497 e. The van der Waals surface area contributed by atoms with Crippen molar-refractivity contribution in [2.24, 2.45) is 0 Å². The summed E-state index contributed by atoms with van der Waals surface area (Å²) in [4.78, 5) is 3.81. The zero-order valence-electron chi connectivity index (χ0n) is 10.0. The van der Waals surface area contributed by atoms with Crippen molar-refractivity contribution in [3.8, 4) is 22.9 Å². The molecule has 0 amide bonds. The van der Waals surface area contributed by atoms with Crippen LogP contribution >= 0.6 is 10.7 Å². The lowest BCUT2D eigenvalue weighted by atomic mass is 10.2. The summed E-state index contributed by atoms with van der Waals surface area (Å²) in [5.74, 6) is 1.20. The number of hydrogen-bond acceptors (Lipinski definition) is 6. The summed E-state index contributed by atoms with van der Waals surface area (Å²) in [5.41, 5.74) is 0.490. The fraction of sp³-hybridized carbons (Fsp3) is 0.200. The summed E-state index contributed by atoms with van der Waals surface area (Å²) < 4.78 is 32.5. The van der Waals surface area contributed by atoms with E-state index in [-0.39, 0.29) is 5.82 Å². The van der Waals surface area contributed by atoms with Crippen LogP contribution in [-0.2, 0) is 9.05 Å². The van der Waals surface area contributed by atoms with E-state index in [0.717, 1.165) is 0 Å². The van der Waals surface area contributed by atoms with Gasteiger partial charge in [-0.2, -0.15) is 10.1 Å². The minimum atomic E-state index is -3.95. The summed E-state index contributed by atoms with van der Waals surface area (Å²) in [6, 6.07) is 5.00. The van der Waals surface area contributed by atoms with Gasteiger partial charge in [-0.25, -0.2) is 13.5 Å². The van der Waals surface area contributed by atoms with E-state index in [1.165, 1.54) is 14.2 Å². The van der Waals surface area contributed by atoms with Crippen molar-refractivity contribution in [1.29, 1.82) is 0 Å². The number of H-pyrrole nitrogens is 1. The topological polar surface area (TPSA) is 94.2 Å². The Kier molecular flexibility index (Phi) is 3.63. The average Bonchev–Trinajstić information content (AvgIpc) is 2.87. The number of hydrogen-bond donors (Lipinski definition) is 1. The molecule has 1 aromatic heterocycles. The molecule has 2 rings (SSSR count). The molecule has 0 fully saturated rings. The van der Waals surface area contributed by atoms with Gasteiger partial charge < -0.3 is 9.47 Å². The molecule has 0 bridgehead atoms. The molecule has 102 valence electrons. The summed E-state index contributed by atoms with van der Waals surface area (Å²) in [5, 5.41) is 5.64. The number of ether oxygens (including phenoxy) is 2. The molecule has 0 aliphatic rings. The standard InChI is InChI=1S/C10H10ClN3O4S/c1-17-6-3-4-8(18-2)7(5-6)9-12-10(14-13-9)19(11,15)16/h3-5H,1-2H3,(H,12,13,14). The fourth-order valence-electron chi connectivity index (χ4n) is 1.47. The van der Waals surface area contributed by atoms with Crippen molar-refractivity contribution in [3.63, 3.8) is 0 Å². The Balaban J connectivity index is 2.54. The minimum Gasteiger partial charge on any atom is -0.497 e. The van der Waals surface area contributed by atoms with Gasteiger partial charge in [0.15, 0.2) is 5.82 Å². The maximum atomic E-state index is 11.1. The predicted molar refractivity (Wildman–Crippen MR) is 68.0 cm³/mol. The van der Waals surface area contributed by atoms with E-state index >= 15 is 0 Å². The number of aromatic amines is 1. The van der Waals surface area contributed by atoms with E-state index in [0.29, 0.717) is 17.1 Å². The molecule has 7 nitrogen and oxygen atoms in total. The molecule has 9 heteroatoms. The van der Waals surface area contributed by atoms with Gasteiger partial charge in [-0.1, -0.05) is 0 Å². The van der Waals surface area contributed by atoms with E-state index < -0.39 is 14.2 Å². The van der Waals surface area contributed by atoms with Crippen LogP contribution < -0.4 is 9.47 Å². The van der Waals surface area contributed by atoms with Gasteiger partial charge >= 0.3 is 0 Å². The summed E-state index contributed by atoms with van der Waals surface area (Å²) in [6.07, 6.45) is 0. The molecule has 0 atom stereocenters. The molecule has 1 N–H and O–H groups in total. The summed E-state index contributed by atoms with van der Waals surface area (Å²) in [7, 11) is 4.22. The number of benzene rings is 1. The molecule has 0 aliphatic heterocycles. The van der Waals surface area contributed by atoms with Crippen LogP contribution in [-0.4, -0.2) is 37.8 Å². The Labute approximate surface area is 113 Å². The van der Waals surface area contributed by atoms with Gasteiger partial charge in [0.25, 0.3) is 14.2 Å². The van der Waals surface area contributed by atoms with Crippen molar-refractivity contribution in [2.45, 2.75) is 5.16 Å². The number of halogens is 1. The van der Waals surface area contributed by atoms with E-state index in [1.807, 2.05) is 0 Å². The normalized spacial score (nSPS) is 11.3. The lowest BCUT2D eigenvalue weighted by Crippen LogP contribution is -1.94. The van der Waals surface area contributed by atoms with Gasteiger partial charge in [0.1, 0.15) is 11.5 Å². The maximum Gasteiger partial charge on any atom is 0.296 e. The van der Waals surface area contributed by atoms with Gasteiger partial charge in [-0.05, 0) is 18.2 Å². The maximum absolute atomic E-state index is 11.1. The summed E-state index contributed by atoms with van der Waals surface area (Å²) in [6.45, 7) is 0. The van der Waals surface area contributed by atoms with Crippen LogP contribution in [0.3, 0.4) is 0 Å². The second-order valence-electron chi connectivity index (χ2n) is 3.47. The zero-order chi connectivity index (χ0) is 14.0. The molecule has 1 heterocycles. The number of nitrogens with zero attached hydrogens (tertiary/aromatic N) is 2. The first-order chi connectivity index (χ1) is 8.95. The highest BCUT2D eigenvalue weighted by molar-refractivity contribution is 8.13. The molecule has 2 aromatic rings. The first-order valence-corrected chi connectivity index (χ1v) is 7.36. The molecule has 0 saturated heterocycles. The number of nitrogens with one attached hydrogen (secondary N) is 1. The van der Waals surface area contributed by atoms with Gasteiger partial charge in [0.05, 0.1) is 19.8 Å². The van der Waals surface area contributed by atoms with Crippen molar-refractivity contribution >= 4 is 19.7 Å². The third-order valence-corrected chi connectivity index (χ3v) is 3.43. The summed E-state index contributed by atoms with van der Waals surface area (Å²) >= 11 is 0. The zero-order valence-corrected chi connectivity index (χ0v) is 11.6. The lowest BCUT2D eigenvalue weighted by molar-refractivity contribution is 0.404. The second kappa shape index (κ2) is 5.06. The molecule has 0 aliphatic carbocycles.